The molecule has 0 radical (unpaired) electrons. The van der Waals surface area contributed by atoms with E-state index in [0.717, 1.165) is 11.1 Å². The molecule has 2 fully saturated rings. The van der Waals surface area contributed by atoms with Crippen molar-refractivity contribution in [2.24, 2.45) is 0 Å². The van der Waals surface area contributed by atoms with Crippen molar-refractivity contribution in [3.05, 3.63) is 71.8 Å². The zero-order chi connectivity index (χ0) is 22.7. The lowest BCUT2D eigenvalue weighted by Gasteiger charge is -2.41. The van der Waals surface area contributed by atoms with Crippen LogP contribution in [0.4, 0.5) is 4.79 Å². The molecule has 32 heavy (non-hydrogen) atoms. The second-order valence-corrected chi connectivity index (χ2v) is 9.94. The van der Waals surface area contributed by atoms with Crippen molar-refractivity contribution in [1.82, 2.24) is 15.5 Å². The normalized spacial score (nSPS) is 21.8. The minimum atomic E-state index is -3.48. The Kier molecular flexibility index (Phi) is 6.13. The van der Waals surface area contributed by atoms with E-state index in [9.17, 15) is 22.8 Å². The first-order chi connectivity index (χ1) is 15.3. The van der Waals surface area contributed by atoms with Gasteiger partial charge in [-0.25, -0.2) is 13.2 Å². The Balaban J connectivity index is 1.43. The summed E-state index contributed by atoms with van der Waals surface area (Å²) in [4.78, 5) is 38.8. The Hall–Kier alpha value is -3.40. The third-order valence-electron chi connectivity index (χ3n) is 5.53. The van der Waals surface area contributed by atoms with E-state index in [-0.39, 0.29) is 25.3 Å². The largest absolute Gasteiger partial charge is 0.445 e. The Morgan fingerprint density at radius 3 is 2.31 bits per heavy atom. The number of β-lactam (4-membered cyclic amide) rings is 1. The number of nitrogens with zero attached hydrogens (tertiary/aromatic N) is 1. The van der Waals surface area contributed by atoms with Crippen molar-refractivity contribution in [2.45, 2.75) is 30.5 Å². The molecule has 0 saturated carbocycles. The molecule has 3 atom stereocenters. The van der Waals surface area contributed by atoms with E-state index < -0.39 is 45.2 Å². The highest BCUT2D eigenvalue weighted by atomic mass is 32.2. The molecule has 10 heteroatoms. The molecule has 9 nitrogen and oxygen atoms in total. The first kappa shape index (κ1) is 21.8. The molecule has 2 aliphatic rings. The molecule has 2 N–H and O–H groups in total. The van der Waals surface area contributed by atoms with E-state index in [1.165, 1.54) is 4.90 Å². The minimum absolute atomic E-state index is 0.0305. The van der Waals surface area contributed by atoms with E-state index in [1.54, 1.807) is 36.4 Å². The van der Waals surface area contributed by atoms with Crippen LogP contribution in [0.25, 0.3) is 0 Å². The quantitative estimate of drug-likeness (QED) is 0.588. The Labute approximate surface area is 185 Å². The van der Waals surface area contributed by atoms with Crippen LogP contribution in [-0.2, 0) is 37.2 Å². The second kappa shape index (κ2) is 8.99. The Morgan fingerprint density at radius 2 is 1.66 bits per heavy atom. The standard InChI is InChI=1S/C22H23N3O6S/c26-19(24-18-20(27)25-11-12-32(29,30)21(18)25)17(13-15-7-3-1-4-8-15)23-22(28)31-14-16-9-5-2-6-10-16/h1-10,17-18,21H,11-14H2,(H,23,28)(H,24,26)/t17-,18?,21?/m1/s1. The van der Waals surface area contributed by atoms with E-state index in [0.29, 0.717) is 0 Å². The van der Waals surface area contributed by atoms with Crippen molar-refractivity contribution >= 4 is 27.7 Å². The molecule has 2 aromatic rings. The summed E-state index contributed by atoms with van der Waals surface area (Å²) in [5, 5.41) is 4.01. The van der Waals surface area contributed by atoms with Crippen molar-refractivity contribution in [3.8, 4) is 0 Å². The van der Waals surface area contributed by atoms with Crippen LogP contribution >= 0.6 is 0 Å². The molecule has 2 aliphatic heterocycles. The number of amides is 3. The molecule has 2 saturated heterocycles. The third-order valence-corrected chi connectivity index (χ3v) is 7.54. The highest BCUT2D eigenvalue weighted by Crippen LogP contribution is 2.31. The second-order valence-electron chi connectivity index (χ2n) is 7.72. The first-order valence-corrected chi connectivity index (χ1v) is 11.9. The van der Waals surface area contributed by atoms with Crippen LogP contribution < -0.4 is 10.6 Å². The highest BCUT2D eigenvalue weighted by molar-refractivity contribution is 7.92. The number of fused-ring (bicyclic) bond motifs is 1. The molecular weight excluding hydrogens is 434 g/mol. The summed E-state index contributed by atoms with van der Waals surface area (Å²) in [6.45, 7) is 0.165. The van der Waals surface area contributed by atoms with E-state index in [2.05, 4.69) is 10.6 Å². The molecule has 0 aromatic heterocycles. The number of benzene rings is 2. The average Bonchev–Trinajstić information content (AvgIpc) is 3.08. The summed E-state index contributed by atoms with van der Waals surface area (Å²) in [7, 11) is -3.48. The van der Waals surface area contributed by atoms with Gasteiger partial charge in [-0.3, -0.25) is 9.59 Å². The van der Waals surface area contributed by atoms with Crippen LogP contribution in [-0.4, -0.2) is 61.0 Å². The SMILES string of the molecule is O=C(N[C@H](Cc1ccccc1)C(=O)NC1C(=O)N2CCS(=O)(=O)C12)OCc1ccccc1. The molecule has 2 aromatic carbocycles. The van der Waals surface area contributed by atoms with Gasteiger partial charge in [0.15, 0.2) is 15.2 Å². The van der Waals surface area contributed by atoms with Gasteiger partial charge in [-0.1, -0.05) is 60.7 Å². The molecule has 0 bridgehead atoms. The number of rotatable bonds is 7. The molecule has 0 aliphatic carbocycles. The minimum Gasteiger partial charge on any atom is -0.445 e. The summed E-state index contributed by atoms with van der Waals surface area (Å²) in [5.41, 5.74) is 1.57. The number of carbonyl (C=O) groups is 3. The molecular formula is C22H23N3O6S. The molecule has 2 heterocycles. The van der Waals surface area contributed by atoms with Crippen LogP contribution in [0.5, 0.6) is 0 Å². The summed E-state index contributed by atoms with van der Waals surface area (Å²) in [6, 6.07) is 15.9. The smallest absolute Gasteiger partial charge is 0.408 e. The maximum Gasteiger partial charge on any atom is 0.408 e. The van der Waals surface area contributed by atoms with Crippen molar-refractivity contribution in [2.75, 3.05) is 12.3 Å². The predicted molar refractivity (Wildman–Crippen MR) is 115 cm³/mol. The van der Waals surface area contributed by atoms with Gasteiger partial charge < -0.3 is 20.3 Å². The molecule has 2 unspecified atom stereocenters. The number of carbonyl (C=O) groups excluding carboxylic acids is 3. The summed E-state index contributed by atoms with van der Waals surface area (Å²) >= 11 is 0. The van der Waals surface area contributed by atoms with Crippen molar-refractivity contribution in [3.63, 3.8) is 0 Å². The van der Waals surface area contributed by atoms with Crippen LogP contribution in [0.1, 0.15) is 11.1 Å². The fraction of sp³-hybridized carbons (Fsp3) is 0.318. The van der Waals surface area contributed by atoms with Gasteiger partial charge in [0, 0.05) is 13.0 Å². The predicted octanol–water partition coefficient (Wildman–Crippen LogP) is 0.606. The molecule has 4 rings (SSSR count). The van der Waals surface area contributed by atoms with E-state index in [1.807, 2.05) is 24.3 Å². The topological polar surface area (TPSA) is 122 Å². The fourth-order valence-corrected chi connectivity index (χ4v) is 5.75. The van der Waals surface area contributed by atoms with Gasteiger partial charge in [-0.2, -0.15) is 0 Å². The maximum absolute atomic E-state index is 13.0. The van der Waals surface area contributed by atoms with Gasteiger partial charge in [-0.05, 0) is 11.1 Å². The van der Waals surface area contributed by atoms with Gasteiger partial charge in [0.25, 0.3) is 0 Å². The number of sulfone groups is 1. The third kappa shape index (κ3) is 4.59. The van der Waals surface area contributed by atoms with Crippen molar-refractivity contribution < 1.29 is 27.5 Å². The first-order valence-electron chi connectivity index (χ1n) is 10.2. The lowest BCUT2D eigenvalue weighted by molar-refractivity contribution is -0.147. The zero-order valence-corrected chi connectivity index (χ0v) is 18.0. The molecule has 3 amide bonds. The van der Waals surface area contributed by atoms with Gasteiger partial charge in [0.2, 0.25) is 11.8 Å². The highest BCUT2D eigenvalue weighted by Gasteiger charge is 2.59. The molecule has 0 spiro atoms. The van der Waals surface area contributed by atoms with Crippen molar-refractivity contribution in [1.29, 1.82) is 0 Å². The van der Waals surface area contributed by atoms with Gasteiger partial charge in [0.1, 0.15) is 18.7 Å². The number of hydrogen-bond donors (Lipinski definition) is 2. The maximum atomic E-state index is 13.0. The fourth-order valence-electron chi connectivity index (χ4n) is 3.86. The van der Waals surface area contributed by atoms with Crippen LogP contribution in [0.2, 0.25) is 0 Å². The Morgan fingerprint density at radius 1 is 1.03 bits per heavy atom. The average molecular weight is 458 g/mol. The lowest BCUT2D eigenvalue weighted by atomic mass is 10.0. The monoisotopic (exact) mass is 457 g/mol. The molecule has 168 valence electrons. The number of ether oxygens (including phenoxy) is 1. The number of nitrogens with one attached hydrogen (secondary N) is 2. The van der Waals surface area contributed by atoms with Gasteiger partial charge in [0.05, 0.1) is 5.75 Å². The van der Waals surface area contributed by atoms with E-state index >= 15 is 0 Å². The van der Waals surface area contributed by atoms with Gasteiger partial charge in [-0.15, -0.1) is 0 Å². The Bertz CT molecular complexity index is 1110. The number of alkyl carbamates (subject to hydrolysis) is 1. The van der Waals surface area contributed by atoms with Crippen LogP contribution in [0.15, 0.2) is 60.7 Å². The van der Waals surface area contributed by atoms with E-state index in [4.69, 9.17) is 4.74 Å². The zero-order valence-electron chi connectivity index (χ0n) is 17.1. The lowest BCUT2D eigenvalue weighted by Crippen LogP contribution is -2.71. The summed E-state index contributed by atoms with van der Waals surface area (Å²) in [5.74, 6) is -1.20. The summed E-state index contributed by atoms with van der Waals surface area (Å²) in [6.07, 6.45) is -0.644. The summed E-state index contributed by atoms with van der Waals surface area (Å²) < 4.78 is 29.6. The van der Waals surface area contributed by atoms with Crippen LogP contribution in [0.3, 0.4) is 0 Å². The number of hydrogen-bond acceptors (Lipinski definition) is 6. The van der Waals surface area contributed by atoms with Gasteiger partial charge >= 0.3 is 6.09 Å². The van der Waals surface area contributed by atoms with Crippen LogP contribution in [0, 0.1) is 0 Å².